The summed E-state index contributed by atoms with van der Waals surface area (Å²) >= 11 is 0. The lowest BCUT2D eigenvalue weighted by Crippen LogP contribution is -2.08. The third-order valence-corrected chi connectivity index (χ3v) is 2.95. The maximum absolute atomic E-state index is 9.79. The summed E-state index contributed by atoms with van der Waals surface area (Å²) in [7, 11) is 0. The zero-order valence-corrected chi connectivity index (χ0v) is 10.2. The second-order valence-electron chi connectivity index (χ2n) is 4.34. The second kappa shape index (κ2) is 7.24. The van der Waals surface area contributed by atoms with Gasteiger partial charge in [0.2, 0.25) is 0 Å². The Bertz CT molecular complexity index is 317. The summed E-state index contributed by atoms with van der Waals surface area (Å²) in [5.74, 6) is 0. The third kappa shape index (κ3) is 4.63. The molecule has 0 heterocycles. The average molecular weight is 218 g/mol. The molecule has 0 amide bonds. The third-order valence-electron chi connectivity index (χ3n) is 2.95. The van der Waals surface area contributed by atoms with Crippen LogP contribution in [-0.4, -0.2) is 11.2 Å². The number of hydrogen-bond acceptors (Lipinski definition) is 1. The van der Waals surface area contributed by atoms with E-state index >= 15 is 0 Å². The van der Waals surface area contributed by atoms with Gasteiger partial charge in [0.05, 0.1) is 6.10 Å². The van der Waals surface area contributed by atoms with E-state index < -0.39 is 0 Å². The number of hydrogen-bond donors (Lipinski definition) is 1. The maximum atomic E-state index is 9.79. The molecular formula is C15H22O. The van der Waals surface area contributed by atoms with E-state index in [0.29, 0.717) is 0 Å². The Morgan fingerprint density at radius 2 is 2.06 bits per heavy atom. The molecule has 0 bridgehead atoms. The van der Waals surface area contributed by atoms with Crippen molar-refractivity contribution in [1.82, 2.24) is 0 Å². The van der Waals surface area contributed by atoms with Crippen molar-refractivity contribution in [1.29, 1.82) is 0 Å². The SMILES string of the molecule is C=CCCCC(O)CCc1ccccc1C. The van der Waals surface area contributed by atoms with Crippen molar-refractivity contribution in [3.63, 3.8) is 0 Å². The quantitative estimate of drug-likeness (QED) is 0.547. The minimum Gasteiger partial charge on any atom is -0.393 e. The average Bonchev–Trinajstić information content (AvgIpc) is 2.28. The molecule has 1 atom stereocenters. The van der Waals surface area contributed by atoms with E-state index in [4.69, 9.17) is 0 Å². The van der Waals surface area contributed by atoms with Crippen molar-refractivity contribution in [2.75, 3.05) is 0 Å². The molecule has 0 aromatic heterocycles. The van der Waals surface area contributed by atoms with Crippen LogP contribution in [0.15, 0.2) is 36.9 Å². The lowest BCUT2D eigenvalue weighted by atomic mass is 10.00. The fourth-order valence-electron chi connectivity index (χ4n) is 1.85. The summed E-state index contributed by atoms with van der Waals surface area (Å²) in [6, 6.07) is 8.39. The van der Waals surface area contributed by atoms with E-state index in [2.05, 4.69) is 37.8 Å². The van der Waals surface area contributed by atoms with Crippen LogP contribution in [0, 0.1) is 6.92 Å². The molecule has 1 nitrogen and oxygen atoms in total. The second-order valence-corrected chi connectivity index (χ2v) is 4.34. The molecular weight excluding hydrogens is 196 g/mol. The number of aryl methyl sites for hydroxylation is 2. The predicted molar refractivity (Wildman–Crippen MR) is 69.6 cm³/mol. The minimum absolute atomic E-state index is 0.167. The zero-order chi connectivity index (χ0) is 11.8. The first kappa shape index (κ1) is 13.0. The van der Waals surface area contributed by atoms with Crippen molar-refractivity contribution >= 4 is 0 Å². The molecule has 1 rings (SSSR count). The largest absolute Gasteiger partial charge is 0.393 e. The molecule has 0 spiro atoms. The highest BCUT2D eigenvalue weighted by Crippen LogP contribution is 2.13. The van der Waals surface area contributed by atoms with E-state index in [1.807, 2.05) is 6.08 Å². The van der Waals surface area contributed by atoms with Gasteiger partial charge in [0.15, 0.2) is 0 Å². The van der Waals surface area contributed by atoms with Crippen LogP contribution >= 0.6 is 0 Å². The van der Waals surface area contributed by atoms with Crippen molar-refractivity contribution < 1.29 is 5.11 Å². The summed E-state index contributed by atoms with van der Waals surface area (Å²) < 4.78 is 0. The van der Waals surface area contributed by atoms with Gasteiger partial charge in [-0.2, -0.15) is 0 Å². The summed E-state index contributed by atoms with van der Waals surface area (Å²) in [6.45, 7) is 5.81. The Kier molecular flexibility index (Phi) is 5.87. The molecule has 0 radical (unpaired) electrons. The van der Waals surface area contributed by atoms with Crippen LogP contribution < -0.4 is 0 Å². The molecule has 0 aliphatic heterocycles. The number of benzene rings is 1. The highest BCUT2D eigenvalue weighted by Gasteiger charge is 2.05. The standard InChI is InChI=1S/C15H22O/c1-3-4-5-10-15(16)12-11-14-9-7-6-8-13(14)2/h3,6-9,15-16H,1,4-5,10-12H2,2H3. The Labute approximate surface area is 98.8 Å². The van der Waals surface area contributed by atoms with E-state index in [0.717, 1.165) is 32.1 Å². The van der Waals surface area contributed by atoms with Crippen LogP contribution in [0.25, 0.3) is 0 Å². The van der Waals surface area contributed by atoms with Gasteiger partial charge in [-0.25, -0.2) is 0 Å². The van der Waals surface area contributed by atoms with Gasteiger partial charge >= 0.3 is 0 Å². The number of aliphatic hydroxyl groups excluding tert-OH is 1. The van der Waals surface area contributed by atoms with E-state index in [9.17, 15) is 5.11 Å². The monoisotopic (exact) mass is 218 g/mol. The molecule has 1 N–H and O–H groups in total. The number of unbranched alkanes of at least 4 members (excludes halogenated alkanes) is 1. The van der Waals surface area contributed by atoms with Crippen LogP contribution in [0.1, 0.15) is 36.8 Å². The first-order chi connectivity index (χ1) is 7.74. The topological polar surface area (TPSA) is 20.2 Å². The first-order valence-electron chi connectivity index (χ1n) is 6.07. The van der Waals surface area contributed by atoms with Gasteiger partial charge in [-0.15, -0.1) is 6.58 Å². The molecule has 0 saturated carbocycles. The Morgan fingerprint density at radius 1 is 1.31 bits per heavy atom. The molecule has 1 heteroatoms. The normalized spacial score (nSPS) is 12.4. The molecule has 16 heavy (non-hydrogen) atoms. The molecule has 0 aliphatic carbocycles. The van der Waals surface area contributed by atoms with Gasteiger partial charge in [-0.3, -0.25) is 0 Å². The number of allylic oxidation sites excluding steroid dienone is 1. The minimum atomic E-state index is -0.167. The molecule has 0 fully saturated rings. The van der Waals surface area contributed by atoms with Gasteiger partial charge in [0.25, 0.3) is 0 Å². The lowest BCUT2D eigenvalue weighted by molar-refractivity contribution is 0.152. The van der Waals surface area contributed by atoms with Crippen LogP contribution in [0.3, 0.4) is 0 Å². The molecule has 1 aromatic carbocycles. The predicted octanol–water partition coefficient (Wildman–Crippen LogP) is 3.64. The van der Waals surface area contributed by atoms with Crippen LogP contribution in [0.5, 0.6) is 0 Å². The highest BCUT2D eigenvalue weighted by molar-refractivity contribution is 5.25. The van der Waals surface area contributed by atoms with Crippen molar-refractivity contribution in [2.24, 2.45) is 0 Å². The Balaban J connectivity index is 2.28. The Morgan fingerprint density at radius 3 is 2.75 bits per heavy atom. The lowest BCUT2D eigenvalue weighted by Gasteiger charge is -2.11. The van der Waals surface area contributed by atoms with Crippen molar-refractivity contribution in [3.05, 3.63) is 48.0 Å². The zero-order valence-electron chi connectivity index (χ0n) is 10.2. The Hall–Kier alpha value is -1.08. The van der Waals surface area contributed by atoms with Crippen molar-refractivity contribution in [3.8, 4) is 0 Å². The maximum Gasteiger partial charge on any atom is 0.0543 e. The first-order valence-corrected chi connectivity index (χ1v) is 6.07. The van der Waals surface area contributed by atoms with Gasteiger partial charge in [0.1, 0.15) is 0 Å². The van der Waals surface area contributed by atoms with Gasteiger partial charge in [-0.05, 0) is 50.2 Å². The van der Waals surface area contributed by atoms with Crippen molar-refractivity contribution in [2.45, 2.75) is 45.1 Å². The molecule has 88 valence electrons. The fraction of sp³-hybridized carbons (Fsp3) is 0.467. The van der Waals surface area contributed by atoms with Crippen LogP contribution in [0.2, 0.25) is 0 Å². The van der Waals surface area contributed by atoms with Gasteiger partial charge in [0, 0.05) is 0 Å². The molecule has 0 saturated heterocycles. The van der Waals surface area contributed by atoms with E-state index in [1.165, 1.54) is 11.1 Å². The number of aliphatic hydroxyl groups is 1. The summed E-state index contributed by atoms with van der Waals surface area (Å²) in [5.41, 5.74) is 2.67. The summed E-state index contributed by atoms with van der Waals surface area (Å²) in [4.78, 5) is 0. The molecule has 0 aliphatic rings. The molecule has 1 aromatic rings. The fourth-order valence-corrected chi connectivity index (χ4v) is 1.85. The van der Waals surface area contributed by atoms with Crippen LogP contribution in [-0.2, 0) is 6.42 Å². The smallest absolute Gasteiger partial charge is 0.0543 e. The highest BCUT2D eigenvalue weighted by atomic mass is 16.3. The summed E-state index contributed by atoms with van der Waals surface area (Å²) in [6.07, 6.45) is 6.51. The van der Waals surface area contributed by atoms with E-state index in [-0.39, 0.29) is 6.10 Å². The van der Waals surface area contributed by atoms with Crippen LogP contribution in [0.4, 0.5) is 0 Å². The van der Waals surface area contributed by atoms with E-state index in [1.54, 1.807) is 0 Å². The van der Waals surface area contributed by atoms with Gasteiger partial charge < -0.3 is 5.11 Å². The number of rotatable bonds is 7. The summed E-state index contributed by atoms with van der Waals surface area (Å²) in [5, 5.41) is 9.79. The van der Waals surface area contributed by atoms with Gasteiger partial charge in [-0.1, -0.05) is 30.3 Å². The molecule has 1 unspecified atom stereocenters.